The van der Waals surface area contributed by atoms with Crippen LogP contribution in [0.5, 0.6) is 0 Å². The molecule has 1 atom stereocenters. The van der Waals surface area contributed by atoms with Crippen molar-refractivity contribution in [3.05, 3.63) is 42.6 Å². The lowest BCUT2D eigenvalue weighted by Gasteiger charge is -2.08. The number of ether oxygens (including phenoxy) is 1. The average Bonchev–Trinajstić information content (AvgIpc) is 3.33. The maximum Gasteiger partial charge on any atom is 0.206 e. The van der Waals surface area contributed by atoms with Crippen LogP contribution in [0.25, 0.3) is 11.4 Å². The van der Waals surface area contributed by atoms with Crippen LogP contribution < -0.4 is 5.32 Å². The molecule has 1 unspecified atom stereocenters. The van der Waals surface area contributed by atoms with Gasteiger partial charge in [-0.3, -0.25) is 0 Å². The van der Waals surface area contributed by atoms with Gasteiger partial charge < -0.3 is 10.1 Å². The van der Waals surface area contributed by atoms with E-state index in [1.54, 1.807) is 6.20 Å². The van der Waals surface area contributed by atoms with Crippen LogP contribution in [0.3, 0.4) is 0 Å². The zero-order valence-corrected chi connectivity index (χ0v) is 15.1. The maximum absolute atomic E-state index is 5.60. The first-order valence-corrected chi connectivity index (χ1v) is 9.75. The first-order valence-electron chi connectivity index (χ1n) is 8.12. The van der Waals surface area contributed by atoms with Gasteiger partial charge in [-0.2, -0.15) is 0 Å². The third-order valence-corrected chi connectivity index (χ3v) is 5.63. The van der Waals surface area contributed by atoms with E-state index in [9.17, 15) is 0 Å². The molecule has 3 aromatic rings. The van der Waals surface area contributed by atoms with E-state index < -0.39 is 0 Å². The number of nitrogens with one attached hydrogen (secondary N) is 1. The quantitative estimate of drug-likeness (QED) is 0.662. The maximum atomic E-state index is 5.60. The van der Waals surface area contributed by atoms with E-state index in [1.807, 2.05) is 36.4 Å². The molecule has 1 fully saturated rings. The number of hydrogen-bond donors (Lipinski definition) is 1. The van der Waals surface area contributed by atoms with E-state index in [0.29, 0.717) is 5.82 Å². The van der Waals surface area contributed by atoms with Crippen LogP contribution in [-0.4, -0.2) is 39.4 Å². The molecular formula is C17H17N5OS2. The molecule has 1 saturated heterocycles. The van der Waals surface area contributed by atoms with E-state index in [0.717, 1.165) is 46.1 Å². The number of rotatable bonds is 6. The van der Waals surface area contributed by atoms with Gasteiger partial charge in [-0.05, 0) is 30.7 Å². The Bertz CT molecular complexity index is 821. The zero-order valence-electron chi connectivity index (χ0n) is 13.5. The van der Waals surface area contributed by atoms with Gasteiger partial charge in [0.2, 0.25) is 5.13 Å². The molecule has 0 radical (unpaired) electrons. The van der Waals surface area contributed by atoms with Crippen molar-refractivity contribution in [1.29, 1.82) is 0 Å². The van der Waals surface area contributed by atoms with Crippen molar-refractivity contribution in [1.82, 2.24) is 20.2 Å². The van der Waals surface area contributed by atoms with Crippen molar-refractivity contribution in [2.75, 3.05) is 18.5 Å². The summed E-state index contributed by atoms with van der Waals surface area (Å²) in [4.78, 5) is 8.95. The number of anilines is 1. The van der Waals surface area contributed by atoms with E-state index in [1.165, 1.54) is 23.1 Å². The summed E-state index contributed by atoms with van der Waals surface area (Å²) in [6.07, 6.45) is 4.31. The van der Waals surface area contributed by atoms with Gasteiger partial charge in [-0.25, -0.2) is 9.97 Å². The van der Waals surface area contributed by atoms with Crippen molar-refractivity contribution in [3.63, 3.8) is 0 Å². The van der Waals surface area contributed by atoms with Crippen LogP contribution in [0.15, 0.2) is 52.0 Å². The topological polar surface area (TPSA) is 72.8 Å². The minimum atomic E-state index is 0.287. The average molecular weight is 371 g/mol. The minimum absolute atomic E-state index is 0.287. The highest BCUT2D eigenvalue weighted by molar-refractivity contribution is 8.01. The Morgan fingerprint density at radius 2 is 2.12 bits per heavy atom. The Morgan fingerprint density at radius 1 is 1.20 bits per heavy atom. The minimum Gasteiger partial charge on any atom is -0.376 e. The van der Waals surface area contributed by atoms with Gasteiger partial charge in [0, 0.05) is 24.9 Å². The molecule has 1 aliphatic heterocycles. The number of nitrogens with zero attached hydrogens (tertiary/aromatic N) is 4. The smallest absolute Gasteiger partial charge is 0.206 e. The summed E-state index contributed by atoms with van der Waals surface area (Å²) in [5.74, 6) is 0.715. The lowest BCUT2D eigenvalue weighted by molar-refractivity contribution is 0.120. The number of hydrogen-bond acceptors (Lipinski definition) is 8. The Kier molecular flexibility index (Phi) is 5.19. The van der Waals surface area contributed by atoms with Gasteiger partial charge in [0.25, 0.3) is 0 Å². The van der Waals surface area contributed by atoms with E-state index in [4.69, 9.17) is 4.74 Å². The molecule has 3 heterocycles. The second-order valence-corrected chi connectivity index (χ2v) is 7.82. The molecule has 2 aromatic heterocycles. The molecule has 0 amide bonds. The molecule has 25 heavy (non-hydrogen) atoms. The standard InChI is InChI=1S/C17H17N5OS2/c1-2-5-12(6-3-1)15-18-9-8-14(20-15)24-17-22-21-16(25-17)19-11-13-7-4-10-23-13/h1-3,5-6,8-9,13H,4,7,10-11H2,(H,19,21). The molecule has 1 aromatic carbocycles. The fourth-order valence-corrected chi connectivity index (χ4v) is 4.21. The summed E-state index contributed by atoms with van der Waals surface area (Å²) >= 11 is 3.02. The number of benzene rings is 1. The van der Waals surface area contributed by atoms with Crippen molar-refractivity contribution in [2.45, 2.75) is 28.3 Å². The number of aromatic nitrogens is 4. The fraction of sp³-hybridized carbons (Fsp3) is 0.294. The van der Waals surface area contributed by atoms with Gasteiger partial charge in [0.1, 0.15) is 5.03 Å². The molecule has 1 N–H and O–H groups in total. The van der Waals surface area contributed by atoms with Gasteiger partial charge in [-0.1, -0.05) is 41.7 Å². The van der Waals surface area contributed by atoms with Gasteiger partial charge >= 0.3 is 0 Å². The second kappa shape index (κ2) is 7.90. The Morgan fingerprint density at radius 3 is 2.96 bits per heavy atom. The van der Waals surface area contributed by atoms with Crippen LogP contribution in [-0.2, 0) is 4.74 Å². The largest absolute Gasteiger partial charge is 0.376 e. The molecule has 1 aliphatic rings. The van der Waals surface area contributed by atoms with Crippen molar-refractivity contribution < 1.29 is 4.74 Å². The van der Waals surface area contributed by atoms with Gasteiger partial charge in [-0.15, -0.1) is 10.2 Å². The molecule has 8 heteroatoms. The van der Waals surface area contributed by atoms with Crippen LogP contribution in [0, 0.1) is 0 Å². The van der Waals surface area contributed by atoms with E-state index in [2.05, 4.69) is 25.5 Å². The summed E-state index contributed by atoms with van der Waals surface area (Å²) in [6.45, 7) is 1.64. The van der Waals surface area contributed by atoms with Crippen LogP contribution in [0.1, 0.15) is 12.8 Å². The third kappa shape index (κ3) is 4.33. The Balaban J connectivity index is 1.40. The van der Waals surface area contributed by atoms with Crippen molar-refractivity contribution in [2.24, 2.45) is 0 Å². The molecular weight excluding hydrogens is 354 g/mol. The summed E-state index contributed by atoms with van der Waals surface area (Å²) in [5, 5.41) is 13.4. The predicted molar refractivity (Wildman–Crippen MR) is 99.0 cm³/mol. The zero-order chi connectivity index (χ0) is 16.9. The molecule has 0 saturated carbocycles. The molecule has 4 rings (SSSR count). The summed E-state index contributed by atoms with van der Waals surface area (Å²) in [5.41, 5.74) is 1.00. The highest BCUT2D eigenvalue weighted by Gasteiger charge is 2.16. The predicted octanol–water partition coefficient (Wildman–Crippen LogP) is 3.74. The lowest BCUT2D eigenvalue weighted by atomic mass is 10.2. The monoisotopic (exact) mass is 371 g/mol. The molecule has 128 valence electrons. The Hall–Kier alpha value is -2.03. The highest BCUT2D eigenvalue weighted by Crippen LogP contribution is 2.31. The first kappa shape index (κ1) is 16.4. The SMILES string of the molecule is c1ccc(-c2nccc(Sc3nnc(NCC4CCCO4)s3)n2)cc1. The van der Waals surface area contributed by atoms with Gasteiger partial charge in [0.15, 0.2) is 10.2 Å². The van der Waals surface area contributed by atoms with Crippen LogP contribution in [0.2, 0.25) is 0 Å². The van der Waals surface area contributed by atoms with Crippen LogP contribution >= 0.6 is 23.1 Å². The van der Waals surface area contributed by atoms with E-state index in [-0.39, 0.29) is 6.10 Å². The molecule has 0 bridgehead atoms. The fourth-order valence-electron chi connectivity index (χ4n) is 2.54. The normalized spacial score (nSPS) is 16.9. The molecule has 6 nitrogen and oxygen atoms in total. The summed E-state index contributed by atoms with van der Waals surface area (Å²) in [6, 6.07) is 11.8. The summed E-state index contributed by atoms with van der Waals surface area (Å²) < 4.78 is 6.46. The lowest BCUT2D eigenvalue weighted by Crippen LogP contribution is -2.18. The van der Waals surface area contributed by atoms with Crippen LogP contribution in [0.4, 0.5) is 5.13 Å². The molecule has 0 spiro atoms. The Labute approximate surface area is 154 Å². The van der Waals surface area contributed by atoms with E-state index >= 15 is 0 Å². The van der Waals surface area contributed by atoms with Crippen molar-refractivity contribution >= 4 is 28.2 Å². The highest BCUT2D eigenvalue weighted by atomic mass is 32.2. The molecule has 0 aliphatic carbocycles. The summed E-state index contributed by atoms with van der Waals surface area (Å²) in [7, 11) is 0. The third-order valence-electron chi connectivity index (χ3n) is 3.77. The first-order chi connectivity index (χ1) is 12.4. The van der Waals surface area contributed by atoms with Crippen molar-refractivity contribution in [3.8, 4) is 11.4 Å². The van der Waals surface area contributed by atoms with Gasteiger partial charge in [0.05, 0.1) is 6.10 Å². The second-order valence-electron chi connectivity index (χ2n) is 5.58.